The van der Waals surface area contributed by atoms with Gasteiger partial charge in [-0.15, -0.1) is 0 Å². The SMILES string of the molecule is N#Cc1c(F)cccc1Nc1cnn(CC(=O)N2CCOCC2)c1. The molecule has 1 N–H and O–H groups in total. The monoisotopic (exact) mass is 329 g/mol. The second-order valence-electron chi connectivity index (χ2n) is 5.32. The van der Waals surface area contributed by atoms with Crippen LogP contribution in [0.5, 0.6) is 0 Å². The van der Waals surface area contributed by atoms with Crippen molar-refractivity contribution >= 4 is 17.3 Å². The average molecular weight is 329 g/mol. The molecule has 1 saturated heterocycles. The molecule has 1 amide bonds. The van der Waals surface area contributed by atoms with Gasteiger partial charge in [0.1, 0.15) is 24.0 Å². The number of hydrogen-bond acceptors (Lipinski definition) is 5. The van der Waals surface area contributed by atoms with Gasteiger partial charge < -0.3 is 15.0 Å². The van der Waals surface area contributed by atoms with E-state index >= 15 is 0 Å². The zero-order valence-electron chi connectivity index (χ0n) is 12.9. The van der Waals surface area contributed by atoms with Gasteiger partial charge in [0.15, 0.2) is 0 Å². The van der Waals surface area contributed by atoms with Crippen molar-refractivity contribution in [3.05, 3.63) is 42.0 Å². The summed E-state index contributed by atoms with van der Waals surface area (Å²) in [6.45, 7) is 2.39. The molecule has 1 fully saturated rings. The van der Waals surface area contributed by atoms with Crippen LogP contribution in [0.1, 0.15) is 5.56 Å². The average Bonchev–Trinajstić information content (AvgIpc) is 3.03. The van der Waals surface area contributed by atoms with E-state index in [9.17, 15) is 9.18 Å². The van der Waals surface area contributed by atoms with Crippen molar-refractivity contribution < 1.29 is 13.9 Å². The molecule has 0 radical (unpaired) electrons. The van der Waals surface area contributed by atoms with E-state index in [0.717, 1.165) is 0 Å². The third-order valence-electron chi connectivity index (χ3n) is 3.70. The first kappa shape index (κ1) is 16.0. The number of aromatic nitrogens is 2. The van der Waals surface area contributed by atoms with Crippen molar-refractivity contribution in [2.45, 2.75) is 6.54 Å². The number of benzene rings is 1. The molecule has 7 nitrogen and oxygen atoms in total. The van der Waals surface area contributed by atoms with E-state index in [1.54, 1.807) is 17.2 Å². The number of rotatable bonds is 4. The largest absolute Gasteiger partial charge is 0.378 e. The minimum absolute atomic E-state index is 0.0311. The van der Waals surface area contributed by atoms with E-state index in [4.69, 9.17) is 10.00 Å². The fourth-order valence-corrected chi connectivity index (χ4v) is 2.46. The van der Waals surface area contributed by atoms with Crippen LogP contribution in [0.3, 0.4) is 0 Å². The first-order valence-corrected chi connectivity index (χ1v) is 7.51. The van der Waals surface area contributed by atoms with E-state index in [-0.39, 0.29) is 18.0 Å². The van der Waals surface area contributed by atoms with Gasteiger partial charge in [-0.3, -0.25) is 9.48 Å². The van der Waals surface area contributed by atoms with Gasteiger partial charge in [-0.2, -0.15) is 10.4 Å². The molecule has 0 unspecified atom stereocenters. The second kappa shape index (κ2) is 7.10. The summed E-state index contributed by atoms with van der Waals surface area (Å²) in [7, 11) is 0. The number of nitrogens with zero attached hydrogens (tertiary/aromatic N) is 4. The number of anilines is 2. The molecule has 0 bridgehead atoms. The highest BCUT2D eigenvalue weighted by Gasteiger charge is 2.17. The summed E-state index contributed by atoms with van der Waals surface area (Å²) >= 11 is 0. The lowest BCUT2D eigenvalue weighted by Crippen LogP contribution is -2.42. The minimum Gasteiger partial charge on any atom is -0.378 e. The van der Waals surface area contributed by atoms with Crippen LogP contribution in [0, 0.1) is 17.1 Å². The van der Waals surface area contributed by atoms with Crippen LogP contribution in [0.25, 0.3) is 0 Å². The molecule has 8 heteroatoms. The standard InChI is InChI=1S/C16H16FN5O2/c17-14-2-1-3-15(13(14)8-18)20-12-9-19-22(10-12)11-16(23)21-4-6-24-7-5-21/h1-3,9-10,20H,4-7,11H2. The zero-order valence-corrected chi connectivity index (χ0v) is 12.9. The molecule has 0 spiro atoms. The number of amides is 1. The smallest absolute Gasteiger partial charge is 0.244 e. The van der Waals surface area contributed by atoms with Crippen molar-refractivity contribution in [1.82, 2.24) is 14.7 Å². The maximum Gasteiger partial charge on any atom is 0.244 e. The highest BCUT2D eigenvalue weighted by Crippen LogP contribution is 2.22. The highest BCUT2D eigenvalue weighted by atomic mass is 19.1. The summed E-state index contributed by atoms with van der Waals surface area (Å²) in [5.41, 5.74) is 0.873. The number of nitriles is 1. The number of hydrogen-bond donors (Lipinski definition) is 1. The molecule has 2 aromatic rings. The van der Waals surface area contributed by atoms with Gasteiger partial charge in [0.2, 0.25) is 5.91 Å². The summed E-state index contributed by atoms with van der Waals surface area (Å²) in [4.78, 5) is 13.9. The fraction of sp³-hybridized carbons (Fsp3) is 0.312. The van der Waals surface area contributed by atoms with Crippen molar-refractivity contribution in [1.29, 1.82) is 5.26 Å². The van der Waals surface area contributed by atoms with E-state index < -0.39 is 5.82 Å². The van der Waals surface area contributed by atoms with Crippen molar-refractivity contribution in [2.75, 3.05) is 31.6 Å². The van der Waals surface area contributed by atoms with E-state index in [1.807, 2.05) is 6.07 Å². The molecule has 124 valence electrons. The number of halogens is 1. The zero-order chi connectivity index (χ0) is 16.9. The molecule has 3 rings (SSSR count). The molecular weight excluding hydrogens is 313 g/mol. The molecule has 2 heterocycles. The van der Waals surface area contributed by atoms with Gasteiger partial charge in [0.05, 0.1) is 30.8 Å². The normalized spacial score (nSPS) is 14.2. The molecule has 0 aliphatic carbocycles. The van der Waals surface area contributed by atoms with Gasteiger partial charge in [-0.1, -0.05) is 6.07 Å². The quantitative estimate of drug-likeness (QED) is 0.919. The summed E-state index contributed by atoms with van der Waals surface area (Å²) < 4.78 is 20.3. The second-order valence-corrected chi connectivity index (χ2v) is 5.32. The van der Waals surface area contributed by atoms with E-state index in [1.165, 1.54) is 23.0 Å². The predicted molar refractivity (Wildman–Crippen MR) is 84.0 cm³/mol. The van der Waals surface area contributed by atoms with Crippen LogP contribution in [-0.4, -0.2) is 46.9 Å². The van der Waals surface area contributed by atoms with Gasteiger partial charge in [0.25, 0.3) is 0 Å². The summed E-state index contributed by atoms with van der Waals surface area (Å²) in [6.07, 6.45) is 3.17. The van der Waals surface area contributed by atoms with Gasteiger partial charge in [0, 0.05) is 19.3 Å². The Hall–Kier alpha value is -2.92. The van der Waals surface area contributed by atoms with Crippen LogP contribution in [-0.2, 0) is 16.1 Å². The lowest BCUT2D eigenvalue weighted by molar-refractivity contribution is -0.136. The highest BCUT2D eigenvalue weighted by molar-refractivity contribution is 5.76. The van der Waals surface area contributed by atoms with Gasteiger partial charge in [-0.25, -0.2) is 4.39 Å². The summed E-state index contributed by atoms with van der Waals surface area (Å²) in [6, 6.07) is 6.19. The third kappa shape index (κ3) is 3.52. The minimum atomic E-state index is -0.586. The Morgan fingerprint density at radius 2 is 2.21 bits per heavy atom. The Balaban J connectivity index is 1.67. The van der Waals surface area contributed by atoms with Crippen molar-refractivity contribution in [3.63, 3.8) is 0 Å². The van der Waals surface area contributed by atoms with Crippen LogP contribution in [0.4, 0.5) is 15.8 Å². The number of nitrogens with one attached hydrogen (secondary N) is 1. The molecule has 24 heavy (non-hydrogen) atoms. The van der Waals surface area contributed by atoms with Crippen LogP contribution in [0.2, 0.25) is 0 Å². The van der Waals surface area contributed by atoms with E-state index in [0.29, 0.717) is 37.7 Å². The number of morpholine rings is 1. The molecule has 0 atom stereocenters. The third-order valence-corrected chi connectivity index (χ3v) is 3.70. The van der Waals surface area contributed by atoms with E-state index in [2.05, 4.69) is 10.4 Å². The Labute approximate surface area is 138 Å². The Morgan fingerprint density at radius 1 is 1.42 bits per heavy atom. The van der Waals surface area contributed by atoms with Gasteiger partial charge >= 0.3 is 0 Å². The van der Waals surface area contributed by atoms with Crippen molar-refractivity contribution in [2.24, 2.45) is 0 Å². The maximum atomic E-state index is 13.6. The Morgan fingerprint density at radius 3 is 2.96 bits per heavy atom. The molecule has 0 saturated carbocycles. The first-order valence-electron chi connectivity index (χ1n) is 7.51. The van der Waals surface area contributed by atoms with Crippen LogP contribution in [0.15, 0.2) is 30.6 Å². The molecule has 1 aromatic heterocycles. The van der Waals surface area contributed by atoms with Gasteiger partial charge in [-0.05, 0) is 12.1 Å². The Bertz CT molecular complexity index is 777. The molecular formula is C16H16FN5O2. The molecule has 1 aromatic carbocycles. The number of carbonyl (C=O) groups is 1. The molecule has 1 aliphatic rings. The fourth-order valence-electron chi connectivity index (χ4n) is 2.46. The molecule has 1 aliphatic heterocycles. The maximum absolute atomic E-state index is 13.6. The number of ether oxygens (including phenoxy) is 1. The lowest BCUT2D eigenvalue weighted by atomic mass is 10.2. The predicted octanol–water partition coefficient (Wildman–Crippen LogP) is 1.50. The Kier molecular flexibility index (Phi) is 4.72. The van der Waals surface area contributed by atoms with Crippen LogP contribution >= 0.6 is 0 Å². The lowest BCUT2D eigenvalue weighted by Gasteiger charge is -2.26. The number of carbonyl (C=O) groups excluding carboxylic acids is 1. The van der Waals surface area contributed by atoms with Crippen molar-refractivity contribution in [3.8, 4) is 6.07 Å². The topological polar surface area (TPSA) is 83.2 Å². The summed E-state index contributed by atoms with van der Waals surface area (Å²) in [5.74, 6) is -0.617. The van der Waals surface area contributed by atoms with Crippen LogP contribution < -0.4 is 5.32 Å². The summed E-state index contributed by atoms with van der Waals surface area (Å²) in [5, 5.41) is 16.1. The first-order chi connectivity index (χ1) is 11.7.